The summed E-state index contributed by atoms with van der Waals surface area (Å²) in [5.41, 5.74) is -0.718. The van der Waals surface area contributed by atoms with Crippen molar-refractivity contribution in [3.8, 4) is 0 Å². The van der Waals surface area contributed by atoms with Crippen molar-refractivity contribution >= 4 is 5.91 Å². The highest BCUT2D eigenvalue weighted by molar-refractivity contribution is 5.79. The Morgan fingerprint density at radius 1 is 1.15 bits per heavy atom. The van der Waals surface area contributed by atoms with Gasteiger partial charge in [0, 0.05) is 19.0 Å². The van der Waals surface area contributed by atoms with E-state index in [4.69, 9.17) is 0 Å². The van der Waals surface area contributed by atoms with E-state index in [1.54, 1.807) is 11.8 Å². The fraction of sp³-hybridized carbons (Fsp3) is 0.929. The van der Waals surface area contributed by atoms with E-state index >= 15 is 0 Å². The molecule has 1 N–H and O–H groups in total. The summed E-state index contributed by atoms with van der Waals surface area (Å²) in [5, 5.41) is 9.85. The van der Waals surface area contributed by atoms with Crippen molar-refractivity contribution < 1.29 is 23.1 Å². The third kappa shape index (κ3) is 3.65. The first kappa shape index (κ1) is 15.6. The van der Waals surface area contributed by atoms with Gasteiger partial charge in [0.05, 0.1) is 11.5 Å². The van der Waals surface area contributed by atoms with Crippen LogP contribution in [0.1, 0.15) is 45.4 Å². The maximum absolute atomic E-state index is 12.6. The third-order valence-corrected chi connectivity index (χ3v) is 4.69. The summed E-state index contributed by atoms with van der Waals surface area (Å²) < 4.78 is 37.8. The highest BCUT2D eigenvalue weighted by Gasteiger charge is 2.43. The van der Waals surface area contributed by atoms with E-state index in [0.29, 0.717) is 38.8 Å². The lowest BCUT2D eigenvalue weighted by Gasteiger charge is -2.38. The Morgan fingerprint density at radius 2 is 1.65 bits per heavy atom. The van der Waals surface area contributed by atoms with Gasteiger partial charge in [-0.05, 0) is 45.4 Å². The number of rotatable bonds is 1. The van der Waals surface area contributed by atoms with Gasteiger partial charge in [0.15, 0.2) is 0 Å². The second-order valence-corrected chi connectivity index (χ2v) is 6.41. The Hall–Kier alpha value is -0.780. The minimum Gasteiger partial charge on any atom is -0.390 e. The number of alkyl halides is 3. The second-order valence-electron chi connectivity index (χ2n) is 6.41. The lowest BCUT2D eigenvalue weighted by atomic mass is 9.80. The number of hydrogen-bond acceptors (Lipinski definition) is 2. The molecule has 20 heavy (non-hydrogen) atoms. The maximum atomic E-state index is 12.6. The Bertz CT molecular complexity index is 350. The number of likely N-dealkylation sites (tertiary alicyclic amines) is 1. The van der Waals surface area contributed by atoms with Crippen LogP contribution in [0.4, 0.5) is 13.2 Å². The van der Waals surface area contributed by atoms with Gasteiger partial charge in [-0.3, -0.25) is 4.79 Å². The Balaban J connectivity index is 1.84. The monoisotopic (exact) mass is 293 g/mol. The minimum absolute atomic E-state index is 0.0267. The van der Waals surface area contributed by atoms with Crippen molar-refractivity contribution in [1.82, 2.24) is 4.90 Å². The molecule has 1 heterocycles. The van der Waals surface area contributed by atoms with Gasteiger partial charge in [-0.1, -0.05) is 0 Å². The smallest absolute Gasteiger partial charge is 0.390 e. The number of nitrogens with zero attached hydrogens (tertiary/aromatic N) is 1. The molecule has 2 rings (SSSR count). The van der Waals surface area contributed by atoms with E-state index in [1.807, 2.05) is 0 Å². The Morgan fingerprint density at radius 3 is 2.10 bits per heavy atom. The van der Waals surface area contributed by atoms with Gasteiger partial charge in [-0.25, -0.2) is 0 Å². The first-order valence-electron chi connectivity index (χ1n) is 7.27. The molecule has 6 heteroatoms. The van der Waals surface area contributed by atoms with Crippen LogP contribution in [0.25, 0.3) is 0 Å². The van der Waals surface area contributed by atoms with Gasteiger partial charge >= 0.3 is 6.18 Å². The number of hydrogen-bond donors (Lipinski definition) is 1. The molecule has 2 aliphatic rings. The predicted molar refractivity (Wildman–Crippen MR) is 67.9 cm³/mol. The average Bonchev–Trinajstić information content (AvgIpc) is 2.37. The standard InChI is InChI=1S/C14H22F3NO2/c1-13(20)6-8-18(9-7-13)12(19)10-2-4-11(5-3-10)14(15,16)17/h10-11,20H,2-9H2,1H3. The molecule has 1 amide bonds. The van der Waals surface area contributed by atoms with Crippen molar-refractivity contribution in [1.29, 1.82) is 0 Å². The van der Waals surface area contributed by atoms with Crippen LogP contribution >= 0.6 is 0 Å². The molecule has 0 radical (unpaired) electrons. The summed E-state index contributed by atoms with van der Waals surface area (Å²) in [6.45, 7) is 2.76. The molecule has 2 fully saturated rings. The van der Waals surface area contributed by atoms with Gasteiger partial charge in [0.2, 0.25) is 5.91 Å². The molecule has 1 saturated carbocycles. The van der Waals surface area contributed by atoms with Crippen molar-refractivity contribution in [3.05, 3.63) is 0 Å². The zero-order valence-electron chi connectivity index (χ0n) is 11.7. The molecule has 0 bridgehead atoms. The van der Waals surface area contributed by atoms with Crippen LogP contribution in [-0.2, 0) is 4.79 Å². The van der Waals surface area contributed by atoms with Gasteiger partial charge < -0.3 is 10.0 Å². The van der Waals surface area contributed by atoms with E-state index in [-0.39, 0.29) is 24.7 Å². The molecule has 0 aromatic carbocycles. The number of amides is 1. The topological polar surface area (TPSA) is 40.5 Å². The summed E-state index contributed by atoms with van der Waals surface area (Å²) in [7, 11) is 0. The van der Waals surface area contributed by atoms with Gasteiger partial charge in [0.25, 0.3) is 0 Å². The summed E-state index contributed by atoms with van der Waals surface area (Å²) in [6.07, 6.45) is -2.27. The van der Waals surface area contributed by atoms with Crippen LogP contribution in [0.3, 0.4) is 0 Å². The second kappa shape index (κ2) is 5.54. The molecule has 1 aliphatic carbocycles. The fourth-order valence-corrected chi connectivity index (χ4v) is 3.13. The summed E-state index contributed by atoms with van der Waals surface area (Å²) in [4.78, 5) is 14.0. The SMILES string of the molecule is CC1(O)CCN(C(=O)C2CCC(C(F)(F)F)CC2)CC1. The normalized spacial score (nSPS) is 31.1. The van der Waals surface area contributed by atoms with Gasteiger partial charge in [0.1, 0.15) is 0 Å². The van der Waals surface area contributed by atoms with E-state index < -0.39 is 17.7 Å². The fourth-order valence-electron chi connectivity index (χ4n) is 3.13. The molecule has 1 aliphatic heterocycles. The van der Waals surface area contributed by atoms with Gasteiger partial charge in [-0.2, -0.15) is 13.2 Å². The first-order chi connectivity index (χ1) is 9.19. The molecular weight excluding hydrogens is 271 g/mol. The molecule has 3 nitrogen and oxygen atoms in total. The minimum atomic E-state index is -4.13. The molecule has 116 valence electrons. The molecule has 0 unspecified atom stereocenters. The van der Waals surface area contributed by atoms with Crippen LogP contribution < -0.4 is 0 Å². The summed E-state index contributed by atoms with van der Waals surface area (Å²) in [5.74, 6) is -1.54. The van der Waals surface area contributed by atoms with E-state index in [1.165, 1.54) is 0 Å². The van der Waals surface area contributed by atoms with Crippen molar-refractivity contribution in [2.24, 2.45) is 11.8 Å². The van der Waals surface area contributed by atoms with Gasteiger partial charge in [-0.15, -0.1) is 0 Å². The zero-order chi connectivity index (χ0) is 15.0. The summed E-state index contributed by atoms with van der Waals surface area (Å²) in [6, 6.07) is 0. The molecule has 0 aromatic heterocycles. The predicted octanol–water partition coefficient (Wildman–Crippen LogP) is 2.73. The summed E-state index contributed by atoms with van der Waals surface area (Å²) >= 11 is 0. The third-order valence-electron chi connectivity index (χ3n) is 4.69. The van der Waals surface area contributed by atoms with Crippen LogP contribution in [0.2, 0.25) is 0 Å². The number of aliphatic hydroxyl groups is 1. The van der Waals surface area contributed by atoms with Crippen molar-refractivity contribution in [3.63, 3.8) is 0 Å². The van der Waals surface area contributed by atoms with Crippen LogP contribution in [0, 0.1) is 11.8 Å². The van der Waals surface area contributed by atoms with Crippen molar-refractivity contribution in [2.45, 2.75) is 57.2 Å². The first-order valence-corrected chi connectivity index (χ1v) is 7.27. The maximum Gasteiger partial charge on any atom is 0.391 e. The Kier molecular flexibility index (Phi) is 4.33. The van der Waals surface area contributed by atoms with E-state index in [9.17, 15) is 23.1 Å². The van der Waals surface area contributed by atoms with E-state index in [2.05, 4.69) is 0 Å². The molecular formula is C14H22F3NO2. The van der Waals surface area contributed by atoms with E-state index in [0.717, 1.165) is 0 Å². The lowest BCUT2D eigenvalue weighted by molar-refractivity contribution is -0.185. The quantitative estimate of drug-likeness (QED) is 0.807. The molecule has 1 saturated heterocycles. The average molecular weight is 293 g/mol. The van der Waals surface area contributed by atoms with Crippen molar-refractivity contribution in [2.75, 3.05) is 13.1 Å². The zero-order valence-corrected chi connectivity index (χ0v) is 11.7. The number of carbonyl (C=O) groups excluding carboxylic acids is 1. The highest BCUT2D eigenvalue weighted by atomic mass is 19.4. The lowest BCUT2D eigenvalue weighted by Crippen LogP contribution is -2.47. The largest absolute Gasteiger partial charge is 0.391 e. The number of piperidine rings is 1. The Labute approximate surface area is 117 Å². The van der Waals surface area contributed by atoms with Crippen LogP contribution in [0.15, 0.2) is 0 Å². The molecule has 0 atom stereocenters. The van der Waals surface area contributed by atoms with Crippen LogP contribution in [0.5, 0.6) is 0 Å². The molecule has 0 spiro atoms. The molecule has 0 aromatic rings. The highest BCUT2D eigenvalue weighted by Crippen LogP contribution is 2.40. The number of halogens is 3. The van der Waals surface area contributed by atoms with Crippen LogP contribution in [-0.4, -0.2) is 40.8 Å². The number of carbonyl (C=O) groups is 1.